The number of hydrogen-bond acceptors (Lipinski definition) is 4. The molecule has 0 spiro atoms. The molecule has 2 aromatic rings. The molecule has 90 valence electrons. The van der Waals surface area contributed by atoms with Gasteiger partial charge in [-0.3, -0.25) is 9.59 Å². The monoisotopic (exact) mass is 319 g/mol. The van der Waals surface area contributed by atoms with Crippen molar-refractivity contribution >= 4 is 37.0 Å². The number of nitrogens with two attached hydrogens (primary N) is 1. The van der Waals surface area contributed by atoms with Crippen LogP contribution >= 0.6 is 15.9 Å². The van der Waals surface area contributed by atoms with E-state index >= 15 is 0 Å². The Morgan fingerprint density at radius 2 is 1.71 bits per heavy atom. The van der Waals surface area contributed by atoms with E-state index in [1.807, 2.05) is 0 Å². The van der Waals surface area contributed by atoms with E-state index in [4.69, 9.17) is 5.14 Å². The third kappa shape index (κ3) is 2.16. The zero-order valence-electron chi connectivity index (χ0n) is 8.15. The second-order valence-corrected chi connectivity index (χ2v) is 5.73. The zero-order valence-corrected chi connectivity index (χ0v) is 10.6. The lowest BCUT2D eigenvalue weighted by Crippen LogP contribution is -2.29. The molecule has 1 aromatic carbocycles. The Kier molecular flexibility index (Phi) is 2.68. The van der Waals surface area contributed by atoms with Gasteiger partial charge >= 0.3 is 11.1 Å². The largest absolute Gasteiger partial charge is 0.316 e. The highest BCUT2D eigenvalue weighted by atomic mass is 79.9. The number of sulfonamides is 1. The van der Waals surface area contributed by atoms with Crippen molar-refractivity contribution in [1.82, 2.24) is 9.97 Å². The van der Waals surface area contributed by atoms with Crippen molar-refractivity contribution in [2.75, 3.05) is 0 Å². The minimum Gasteiger partial charge on any atom is -0.316 e. The van der Waals surface area contributed by atoms with Crippen LogP contribution < -0.4 is 16.3 Å². The molecule has 0 bridgehead atoms. The van der Waals surface area contributed by atoms with Gasteiger partial charge in [0.2, 0.25) is 10.0 Å². The van der Waals surface area contributed by atoms with Gasteiger partial charge in [0.15, 0.2) is 0 Å². The summed E-state index contributed by atoms with van der Waals surface area (Å²) in [7, 11) is -4.00. The highest BCUT2D eigenvalue weighted by Crippen LogP contribution is 2.22. The summed E-state index contributed by atoms with van der Waals surface area (Å²) in [6.45, 7) is 0. The van der Waals surface area contributed by atoms with Gasteiger partial charge in [-0.05, 0) is 12.1 Å². The maximum atomic E-state index is 11.3. The minimum absolute atomic E-state index is 0.0275. The van der Waals surface area contributed by atoms with Crippen LogP contribution in [0, 0.1) is 0 Å². The number of benzene rings is 1. The van der Waals surface area contributed by atoms with Gasteiger partial charge < -0.3 is 9.97 Å². The van der Waals surface area contributed by atoms with Gasteiger partial charge in [0.1, 0.15) is 4.90 Å². The van der Waals surface area contributed by atoms with Crippen LogP contribution in [-0.4, -0.2) is 18.4 Å². The van der Waals surface area contributed by atoms with E-state index in [0.29, 0.717) is 4.47 Å². The first-order chi connectivity index (χ1) is 7.79. The molecule has 0 radical (unpaired) electrons. The van der Waals surface area contributed by atoms with Crippen LogP contribution in [0.1, 0.15) is 0 Å². The first-order valence-electron chi connectivity index (χ1n) is 4.28. The Hall–Kier alpha value is -1.45. The van der Waals surface area contributed by atoms with E-state index in [2.05, 4.69) is 25.9 Å². The molecular formula is C8H6BrN3O4S. The number of H-pyrrole nitrogens is 2. The zero-order chi connectivity index (χ0) is 12.8. The molecule has 2 rings (SSSR count). The van der Waals surface area contributed by atoms with Crippen LogP contribution in [0.2, 0.25) is 0 Å². The number of nitrogens with one attached hydrogen (secondary N) is 2. The third-order valence-electron chi connectivity index (χ3n) is 2.07. The molecule has 4 N–H and O–H groups in total. The fourth-order valence-corrected chi connectivity index (χ4v) is 2.73. The molecule has 0 atom stereocenters. The van der Waals surface area contributed by atoms with E-state index in [1.165, 1.54) is 12.1 Å². The molecule has 0 saturated carbocycles. The normalized spacial score (nSPS) is 11.9. The highest BCUT2D eigenvalue weighted by molar-refractivity contribution is 9.10. The lowest BCUT2D eigenvalue weighted by molar-refractivity contribution is 0.598. The lowest BCUT2D eigenvalue weighted by atomic mass is 10.3. The van der Waals surface area contributed by atoms with Crippen molar-refractivity contribution in [3.8, 4) is 0 Å². The second-order valence-electron chi connectivity index (χ2n) is 3.28. The lowest BCUT2D eigenvalue weighted by Gasteiger charge is -2.04. The van der Waals surface area contributed by atoms with Gasteiger partial charge in [0.25, 0.3) is 0 Å². The average Bonchev–Trinajstić information content (AvgIpc) is 2.18. The van der Waals surface area contributed by atoms with Crippen LogP contribution in [-0.2, 0) is 10.0 Å². The number of hydrogen-bond donors (Lipinski definition) is 3. The molecule has 0 amide bonds. The van der Waals surface area contributed by atoms with Gasteiger partial charge in [0, 0.05) is 4.47 Å². The fraction of sp³-hybridized carbons (Fsp3) is 0. The summed E-state index contributed by atoms with van der Waals surface area (Å²) >= 11 is 3.08. The number of fused-ring (bicyclic) bond motifs is 1. The van der Waals surface area contributed by atoms with E-state index < -0.39 is 21.1 Å². The van der Waals surface area contributed by atoms with Crippen molar-refractivity contribution in [1.29, 1.82) is 0 Å². The maximum absolute atomic E-state index is 11.3. The van der Waals surface area contributed by atoms with Crippen molar-refractivity contribution < 1.29 is 8.42 Å². The Bertz CT molecular complexity index is 821. The predicted molar refractivity (Wildman–Crippen MR) is 64.3 cm³/mol. The SMILES string of the molecule is NS(=O)(=O)c1cc(Br)cc2[nH]c(=O)c(=O)[nH]c12. The third-order valence-corrected chi connectivity index (χ3v) is 3.46. The predicted octanol–water partition coefficient (Wildman–Crippen LogP) is -0.374. The Morgan fingerprint density at radius 1 is 1.12 bits per heavy atom. The van der Waals surface area contributed by atoms with Crippen molar-refractivity contribution in [3.63, 3.8) is 0 Å². The number of halogens is 1. The molecule has 0 saturated heterocycles. The molecule has 0 aliphatic heterocycles. The van der Waals surface area contributed by atoms with Crippen molar-refractivity contribution in [2.24, 2.45) is 5.14 Å². The summed E-state index contributed by atoms with van der Waals surface area (Å²) in [5.41, 5.74) is -1.66. The number of aromatic nitrogens is 2. The summed E-state index contributed by atoms with van der Waals surface area (Å²) in [4.78, 5) is 26.4. The molecule has 7 nitrogen and oxygen atoms in total. The van der Waals surface area contributed by atoms with Gasteiger partial charge in [-0.2, -0.15) is 0 Å². The van der Waals surface area contributed by atoms with Gasteiger partial charge in [-0.15, -0.1) is 0 Å². The highest BCUT2D eigenvalue weighted by Gasteiger charge is 2.15. The molecule has 17 heavy (non-hydrogen) atoms. The first-order valence-corrected chi connectivity index (χ1v) is 6.61. The molecule has 9 heteroatoms. The molecule has 0 aliphatic rings. The quantitative estimate of drug-likeness (QED) is 0.619. The van der Waals surface area contributed by atoms with Crippen LogP contribution in [0.4, 0.5) is 0 Å². The smallest absolute Gasteiger partial charge is 0.314 e. The molecule has 1 heterocycles. The molecule has 0 unspecified atom stereocenters. The molecule has 1 aromatic heterocycles. The Balaban J connectivity index is 3.09. The van der Waals surface area contributed by atoms with E-state index in [-0.39, 0.29) is 15.9 Å². The minimum atomic E-state index is -4.00. The van der Waals surface area contributed by atoms with Gasteiger partial charge in [-0.1, -0.05) is 15.9 Å². The Morgan fingerprint density at radius 3 is 2.29 bits per heavy atom. The molecule has 0 aliphatic carbocycles. The van der Waals surface area contributed by atoms with Crippen LogP contribution in [0.5, 0.6) is 0 Å². The molecule has 0 fully saturated rings. The Labute approximate surface area is 103 Å². The first kappa shape index (κ1) is 12.0. The standard InChI is InChI=1S/C8H6BrN3O4S/c9-3-1-4-6(5(2-3)17(10,15)16)12-8(14)7(13)11-4/h1-2H,(H,11,13)(H,12,14)(H2,10,15,16). The number of rotatable bonds is 1. The van der Waals surface area contributed by atoms with Crippen LogP contribution in [0.25, 0.3) is 11.0 Å². The molecular weight excluding hydrogens is 314 g/mol. The second kappa shape index (κ2) is 3.79. The number of primary sulfonamides is 1. The summed E-state index contributed by atoms with van der Waals surface area (Å²) in [5.74, 6) is 0. The average molecular weight is 320 g/mol. The fourth-order valence-electron chi connectivity index (χ4n) is 1.38. The van der Waals surface area contributed by atoms with E-state index in [1.54, 1.807) is 0 Å². The van der Waals surface area contributed by atoms with Gasteiger partial charge in [-0.25, -0.2) is 13.6 Å². The van der Waals surface area contributed by atoms with E-state index in [0.717, 1.165) is 0 Å². The van der Waals surface area contributed by atoms with Crippen molar-refractivity contribution in [2.45, 2.75) is 4.90 Å². The van der Waals surface area contributed by atoms with Crippen molar-refractivity contribution in [3.05, 3.63) is 37.3 Å². The van der Waals surface area contributed by atoms with E-state index in [9.17, 15) is 18.0 Å². The summed E-state index contributed by atoms with van der Waals surface area (Å²) < 4.78 is 23.1. The number of aromatic amines is 2. The maximum Gasteiger partial charge on any atom is 0.314 e. The topological polar surface area (TPSA) is 126 Å². The van der Waals surface area contributed by atoms with Gasteiger partial charge in [0.05, 0.1) is 11.0 Å². The summed E-state index contributed by atoms with van der Waals surface area (Å²) in [5, 5.41) is 5.02. The summed E-state index contributed by atoms with van der Waals surface area (Å²) in [6.07, 6.45) is 0. The van der Waals surface area contributed by atoms with Crippen LogP contribution in [0.15, 0.2) is 31.1 Å². The van der Waals surface area contributed by atoms with Crippen LogP contribution in [0.3, 0.4) is 0 Å². The summed E-state index contributed by atoms with van der Waals surface area (Å²) in [6, 6.07) is 2.70.